The summed E-state index contributed by atoms with van der Waals surface area (Å²) in [5.41, 5.74) is 0. The number of nitrogens with zero attached hydrogens (tertiary/aromatic N) is 3. The van der Waals surface area contributed by atoms with Crippen molar-refractivity contribution in [3.63, 3.8) is 0 Å². The predicted molar refractivity (Wildman–Crippen MR) is 103 cm³/mol. The molecular formula is C18H34GdN4O6. The van der Waals surface area contributed by atoms with Crippen LogP contribution in [0, 0.1) is 39.9 Å². The second-order valence-corrected chi connectivity index (χ2v) is 7.83. The van der Waals surface area contributed by atoms with E-state index in [9.17, 15) is 29.7 Å². The fraction of sp³-hybridized carbons (Fsp3) is 0.833. The molecule has 11 heteroatoms. The Bertz CT molecular complexity index is 538. The van der Waals surface area contributed by atoms with Crippen LogP contribution in [0.2, 0.25) is 0 Å². The third-order valence-electron chi connectivity index (χ3n) is 5.15. The number of carboxylic acids is 3. The van der Waals surface area contributed by atoms with Crippen LogP contribution in [0.5, 0.6) is 0 Å². The summed E-state index contributed by atoms with van der Waals surface area (Å²) in [6.45, 7) is 9.05. The third-order valence-corrected chi connectivity index (χ3v) is 5.15. The van der Waals surface area contributed by atoms with Crippen molar-refractivity contribution in [1.29, 1.82) is 0 Å². The van der Waals surface area contributed by atoms with Crippen molar-refractivity contribution < 1.29 is 69.6 Å². The van der Waals surface area contributed by atoms with Gasteiger partial charge >= 0.3 is 17.9 Å². The monoisotopic (exact) mass is 560 g/mol. The van der Waals surface area contributed by atoms with Gasteiger partial charge in [-0.3, -0.25) is 29.1 Å². The maximum atomic E-state index is 11.4. The van der Waals surface area contributed by atoms with E-state index in [2.05, 4.69) is 5.32 Å². The standard InChI is InChI=1S/C18H34N4O6.Gd/c1-12-6-20(9-16(23)24)14(3)8-22(11-18(27)28)15(4)7-21(10-17(25)26)13(2)5-19-12;/h12-15,19H,5-11H2,1-4H3,(H,23,24)(H,25,26)(H,27,28);. The van der Waals surface area contributed by atoms with Crippen molar-refractivity contribution in [1.82, 2.24) is 20.0 Å². The van der Waals surface area contributed by atoms with Crippen LogP contribution in [0.3, 0.4) is 0 Å². The first-order chi connectivity index (χ1) is 13.0. The molecule has 1 rings (SSSR count). The number of rotatable bonds is 6. The Morgan fingerprint density at radius 3 is 1.45 bits per heavy atom. The Morgan fingerprint density at radius 1 is 0.724 bits per heavy atom. The minimum absolute atomic E-state index is 0. The van der Waals surface area contributed by atoms with E-state index in [1.165, 1.54) is 0 Å². The van der Waals surface area contributed by atoms with Crippen LogP contribution in [0.15, 0.2) is 0 Å². The van der Waals surface area contributed by atoms with Crippen molar-refractivity contribution >= 4 is 17.9 Å². The van der Waals surface area contributed by atoms with Gasteiger partial charge in [-0.1, -0.05) is 0 Å². The van der Waals surface area contributed by atoms with Crippen LogP contribution in [0.25, 0.3) is 0 Å². The van der Waals surface area contributed by atoms with E-state index in [1.807, 2.05) is 37.5 Å². The van der Waals surface area contributed by atoms with Gasteiger partial charge < -0.3 is 20.6 Å². The van der Waals surface area contributed by atoms with Crippen LogP contribution >= 0.6 is 0 Å². The maximum absolute atomic E-state index is 11.4. The number of hydrogen-bond donors (Lipinski definition) is 4. The zero-order chi connectivity index (χ0) is 21.4. The van der Waals surface area contributed by atoms with Gasteiger partial charge in [-0.15, -0.1) is 0 Å². The van der Waals surface area contributed by atoms with Gasteiger partial charge in [0.1, 0.15) is 0 Å². The van der Waals surface area contributed by atoms with Crippen LogP contribution in [-0.4, -0.2) is 118 Å². The van der Waals surface area contributed by atoms with Gasteiger partial charge in [0.15, 0.2) is 0 Å². The van der Waals surface area contributed by atoms with Gasteiger partial charge in [0.05, 0.1) is 19.6 Å². The molecule has 4 atom stereocenters. The molecule has 1 saturated heterocycles. The summed E-state index contributed by atoms with van der Waals surface area (Å²) < 4.78 is 0. The largest absolute Gasteiger partial charge is 0.480 e. The van der Waals surface area contributed by atoms with Crippen molar-refractivity contribution in [3.05, 3.63) is 0 Å². The summed E-state index contributed by atoms with van der Waals surface area (Å²) in [5, 5.41) is 31.2. The molecule has 10 nitrogen and oxygen atoms in total. The molecular weight excluding hydrogens is 525 g/mol. The Labute approximate surface area is 204 Å². The minimum Gasteiger partial charge on any atom is -0.480 e. The quantitative estimate of drug-likeness (QED) is 0.331. The van der Waals surface area contributed by atoms with Crippen LogP contribution in [-0.2, 0) is 14.4 Å². The second-order valence-electron chi connectivity index (χ2n) is 7.83. The topological polar surface area (TPSA) is 134 Å². The van der Waals surface area contributed by atoms with Gasteiger partial charge in [0.25, 0.3) is 0 Å². The molecule has 0 saturated carbocycles. The molecule has 0 aromatic rings. The second kappa shape index (κ2) is 13.8. The Kier molecular flexibility index (Phi) is 13.6. The molecule has 1 heterocycles. The first kappa shape index (κ1) is 28.6. The van der Waals surface area contributed by atoms with Crippen molar-refractivity contribution in [3.8, 4) is 0 Å². The minimum atomic E-state index is -0.969. The van der Waals surface area contributed by atoms with Gasteiger partial charge in [0.2, 0.25) is 0 Å². The maximum Gasteiger partial charge on any atom is 0.317 e. The first-order valence-electron chi connectivity index (χ1n) is 9.60. The fourth-order valence-corrected chi connectivity index (χ4v) is 3.55. The Hall–Kier alpha value is -0.425. The molecule has 1 aliphatic rings. The summed E-state index contributed by atoms with van der Waals surface area (Å²) in [6, 6.07) is -0.450. The van der Waals surface area contributed by atoms with Gasteiger partial charge in [-0.2, -0.15) is 0 Å². The molecule has 1 aliphatic heterocycles. The molecule has 29 heavy (non-hydrogen) atoms. The molecule has 0 aromatic carbocycles. The summed E-state index contributed by atoms with van der Waals surface area (Å²) in [6.07, 6.45) is 0. The molecule has 1 fully saturated rings. The van der Waals surface area contributed by atoms with Crippen molar-refractivity contribution in [2.45, 2.75) is 51.9 Å². The average Bonchev–Trinajstić information content (AvgIpc) is 2.55. The van der Waals surface area contributed by atoms with Crippen molar-refractivity contribution in [2.24, 2.45) is 0 Å². The van der Waals surface area contributed by atoms with Crippen LogP contribution in [0.4, 0.5) is 0 Å². The third kappa shape index (κ3) is 11.0. The first-order valence-corrected chi connectivity index (χ1v) is 9.60. The van der Waals surface area contributed by atoms with Crippen molar-refractivity contribution in [2.75, 3.05) is 45.8 Å². The van der Waals surface area contributed by atoms with E-state index < -0.39 is 17.9 Å². The predicted octanol–water partition coefficient (Wildman–Crippen LogP) is -0.697. The normalized spacial score (nSPS) is 28.6. The molecule has 0 aromatic heterocycles. The van der Waals surface area contributed by atoms with Gasteiger partial charge in [0, 0.05) is 90.3 Å². The summed E-state index contributed by atoms with van der Waals surface area (Å²) in [5.74, 6) is -2.82. The summed E-state index contributed by atoms with van der Waals surface area (Å²) in [7, 11) is 0. The number of nitrogens with one attached hydrogen (secondary N) is 1. The Morgan fingerprint density at radius 2 is 1.07 bits per heavy atom. The molecule has 0 amide bonds. The number of hydrogen-bond acceptors (Lipinski definition) is 7. The number of aliphatic carboxylic acids is 3. The molecule has 0 radical (unpaired) electrons. The van der Waals surface area contributed by atoms with E-state index in [0.29, 0.717) is 26.2 Å². The summed E-state index contributed by atoms with van der Waals surface area (Å²) >= 11 is 0. The molecule has 170 valence electrons. The van der Waals surface area contributed by atoms with Crippen LogP contribution < -0.4 is 5.32 Å². The Balaban J connectivity index is 0.00000784. The molecule has 0 spiro atoms. The molecule has 4 unspecified atom stereocenters. The zero-order valence-electron chi connectivity index (χ0n) is 17.5. The molecule has 0 bridgehead atoms. The van der Waals surface area contributed by atoms with Crippen LogP contribution in [0.1, 0.15) is 27.7 Å². The smallest absolute Gasteiger partial charge is 0.317 e. The van der Waals surface area contributed by atoms with Gasteiger partial charge in [-0.25, -0.2) is 0 Å². The van der Waals surface area contributed by atoms with E-state index in [4.69, 9.17) is 0 Å². The number of carbonyl (C=O) groups is 3. The SMILES string of the molecule is CC1CN(CC(=O)O)C(C)CN(CC(=O)O)C(C)CN(CC(=O)O)C(C)CN1.[Gd]. The van der Waals surface area contributed by atoms with E-state index in [-0.39, 0.29) is 83.7 Å². The summed E-state index contributed by atoms with van der Waals surface area (Å²) in [4.78, 5) is 39.4. The van der Waals surface area contributed by atoms with E-state index >= 15 is 0 Å². The van der Waals surface area contributed by atoms with E-state index in [1.54, 1.807) is 4.90 Å². The van der Waals surface area contributed by atoms with Gasteiger partial charge in [-0.05, 0) is 27.7 Å². The number of carboxylic acid groups (broad SMARTS) is 3. The fourth-order valence-electron chi connectivity index (χ4n) is 3.55. The zero-order valence-corrected chi connectivity index (χ0v) is 19.8. The van der Waals surface area contributed by atoms with E-state index in [0.717, 1.165) is 0 Å². The molecule has 0 aliphatic carbocycles. The average molecular weight is 560 g/mol. The molecule has 4 N–H and O–H groups in total.